The van der Waals surface area contributed by atoms with Crippen LogP contribution >= 0.6 is 11.6 Å². The van der Waals surface area contributed by atoms with Crippen LogP contribution in [0.25, 0.3) is 0 Å². The molecular formula is C9H9ClF3NO. The Morgan fingerprint density at radius 3 is 2.53 bits per heavy atom. The lowest BCUT2D eigenvalue weighted by atomic mass is 10.2. The monoisotopic (exact) mass is 239 g/mol. The van der Waals surface area contributed by atoms with Crippen LogP contribution in [0.5, 0.6) is 5.75 Å². The lowest BCUT2D eigenvalue weighted by Gasteiger charge is -2.18. The standard InChI is InChI=1S/C9H9ClF3NO/c1-5-4-6(2-3-7(5)14)15-9(12,13)8(10)11/h2-4,8H,14H2,1H3. The van der Waals surface area contributed by atoms with Crippen molar-refractivity contribution in [2.75, 3.05) is 5.73 Å². The molecule has 0 saturated carbocycles. The third-order valence-corrected chi connectivity index (χ3v) is 2.00. The van der Waals surface area contributed by atoms with E-state index in [9.17, 15) is 13.2 Å². The van der Waals surface area contributed by atoms with Gasteiger partial charge < -0.3 is 10.5 Å². The number of nitrogen functional groups attached to an aromatic ring is 1. The van der Waals surface area contributed by atoms with Crippen LogP contribution in [-0.2, 0) is 0 Å². The molecule has 84 valence electrons. The first-order chi connectivity index (χ1) is 6.83. The van der Waals surface area contributed by atoms with Crippen LogP contribution in [0.1, 0.15) is 5.56 Å². The molecule has 0 aromatic heterocycles. The Morgan fingerprint density at radius 2 is 2.07 bits per heavy atom. The van der Waals surface area contributed by atoms with Crippen LogP contribution in [0, 0.1) is 6.92 Å². The molecule has 0 amide bonds. The van der Waals surface area contributed by atoms with Gasteiger partial charge in [-0.05, 0) is 30.7 Å². The van der Waals surface area contributed by atoms with Crippen LogP contribution in [0.3, 0.4) is 0 Å². The first-order valence-corrected chi connectivity index (χ1v) is 4.47. The second-order valence-electron chi connectivity index (χ2n) is 2.98. The second-order valence-corrected chi connectivity index (χ2v) is 3.37. The van der Waals surface area contributed by atoms with Gasteiger partial charge in [-0.15, -0.1) is 0 Å². The largest absolute Gasteiger partial charge is 0.444 e. The molecule has 2 N–H and O–H groups in total. The van der Waals surface area contributed by atoms with E-state index < -0.39 is 11.7 Å². The highest BCUT2D eigenvalue weighted by Crippen LogP contribution is 2.29. The molecule has 0 aliphatic carbocycles. The van der Waals surface area contributed by atoms with E-state index in [1.54, 1.807) is 6.92 Å². The smallest absolute Gasteiger partial charge is 0.429 e. The van der Waals surface area contributed by atoms with Crippen molar-refractivity contribution in [3.63, 3.8) is 0 Å². The molecule has 0 radical (unpaired) electrons. The van der Waals surface area contributed by atoms with Crippen LogP contribution in [0.15, 0.2) is 18.2 Å². The van der Waals surface area contributed by atoms with Gasteiger partial charge in [0.2, 0.25) is 0 Å². The lowest BCUT2D eigenvalue weighted by molar-refractivity contribution is -0.199. The van der Waals surface area contributed by atoms with Crippen molar-refractivity contribution in [2.45, 2.75) is 18.7 Å². The van der Waals surface area contributed by atoms with Crippen molar-refractivity contribution in [1.29, 1.82) is 0 Å². The predicted octanol–water partition coefficient (Wildman–Crippen LogP) is 3.08. The lowest BCUT2D eigenvalue weighted by Crippen LogP contribution is -2.32. The third kappa shape index (κ3) is 2.92. The van der Waals surface area contributed by atoms with Crippen molar-refractivity contribution in [1.82, 2.24) is 0 Å². The van der Waals surface area contributed by atoms with E-state index in [4.69, 9.17) is 5.73 Å². The van der Waals surface area contributed by atoms with Gasteiger partial charge in [0.05, 0.1) is 0 Å². The van der Waals surface area contributed by atoms with E-state index in [-0.39, 0.29) is 5.75 Å². The Balaban J connectivity index is 2.86. The minimum absolute atomic E-state index is 0.185. The average Bonchev–Trinajstić information content (AvgIpc) is 2.10. The molecule has 1 atom stereocenters. The molecule has 0 fully saturated rings. The van der Waals surface area contributed by atoms with E-state index in [2.05, 4.69) is 16.3 Å². The summed E-state index contributed by atoms with van der Waals surface area (Å²) in [5.41, 5.74) is 3.58. The summed E-state index contributed by atoms with van der Waals surface area (Å²) in [7, 11) is 0. The van der Waals surface area contributed by atoms with Gasteiger partial charge in [0, 0.05) is 5.69 Å². The Labute approximate surface area is 89.8 Å². The Bertz CT molecular complexity index is 357. The molecule has 1 rings (SSSR count). The molecular weight excluding hydrogens is 231 g/mol. The minimum atomic E-state index is -4.05. The topological polar surface area (TPSA) is 35.2 Å². The molecule has 0 aliphatic rings. The van der Waals surface area contributed by atoms with E-state index in [1.807, 2.05) is 0 Å². The summed E-state index contributed by atoms with van der Waals surface area (Å²) in [6.07, 6.45) is -4.05. The number of rotatable bonds is 3. The van der Waals surface area contributed by atoms with Gasteiger partial charge in [0.25, 0.3) is 5.63 Å². The number of hydrogen-bond acceptors (Lipinski definition) is 2. The summed E-state index contributed by atoms with van der Waals surface area (Å²) in [5, 5.41) is 0. The SMILES string of the molecule is Cc1cc(OC(F)(F)C(F)Cl)ccc1N. The van der Waals surface area contributed by atoms with Gasteiger partial charge >= 0.3 is 6.11 Å². The zero-order chi connectivity index (χ0) is 11.6. The van der Waals surface area contributed by atoms with E-state index in [0.717, 1.165) is 0 Å². The molecule has 1 aromatic carbocycles. The van der Waals surface area contributed by atoms with Crippen molar-refractivity contribution in [3.05, 3.63) is 23.8 Å². The molecule has 1 unspecified atom stereocenters. The third-order valence-electron chi connectivity index (χ3n) is 1.75. The number of aryl methyl sites for hydroxylation is 1. The fraction of sp³-hybridized carbons (Fsp3) is 0.333. The quantitative estimate of drug-likeness (QED) is 0.650. The van der Waals surface area contributed by atoms with Gasteiger partial charge in [-0.3, -0.25) is 0 Å². The van der Waals surface area contributed by atoms with Crippen LogP contribution < -0.4 is 10.5 Å². The maximum Gasteiger partial charge on any atom is 0.444 e. The van der Waals surface area contributed by atoms with E-state index >= 15 is 0 Å². The summed E-state index contributed by atoms with van der Waals surface area (Å²) in [5.74, 6) is -0.185. The highest BCUT2D eigenvalue weighted by Gasteiger charge is 2.42. The van der Waals surface area contributed by atoms with Crippen LogP contribution in [-0.4, -0.2) is 11.7 Å². The van der Waals surface area contributed by atoms with Gasteiger partial charge in [-0.2, -0.15) is 8.78 Å². The van der Waals surface area contributed by atoms with E-state index in [0.29, 0.717) is 11.3 Å². The maximum atomic E-state index is 12.7. The Morgan fingerprint density at radius 1 is 1.47 bits per heavy atom. The zero-order valence-electron chi connectivity index (χ0n) is 7.81. The van der Waals surface area contributed by atoms with Gasteiger partial charge in [-0.25, -0.2) is 4.39 Å². The number of benzene rings is 1. The zero-order valence-corrected chi connectivity index (χ0v) is 8.56. The summed E-state index contributed by atoms with van der Waals surface area (Å²) in [6, 6.07) is 3.89. The summed E-state index contributed by atoms with van der Waals surface area (Å²) < 4.78 is 41.7. The fourth-order valence-corrected chi connectivity index (χ4v) is 0.958. The number of halogens is 4. The predicted molar refractivity (Wildman–Crippen MR) is 51.9 cm³/mol. The number of ether oxygens (including phenoxy) is 1. The number of anilines is 1. The van der Waals surface area contributed by atoms with Gasteiger partial charge in [-0.1, -0.05) is 11.6 Å². The summed E-state index contributed by atoms with van der Waals surface area (Å²) in [6.45, 7) is 1.62. The van der Waals surface area contributed by atoms with Crippen molar-refractivity contribution < 1.29 is 17.9 Å². The van der Waals surface area contributed by atoms with Crippen molar-refractivity contribution in [2.24, 2.45) is 0 Å². The number of alkyl halides is 4. The Kier molecular flexibility index (Phi) is 3.34. The fourth-order valence-electron chi connectivity index (χ4n) is 0.913. The summed E-state index contributed by atoms with van der Waals surface area (Å²) >= 11 is 4.62. The molecule has 1 aromatic rings. The first-order valence-electron chi connectivity index (χ1n) is 4.04. The molecule has 2 nitrogen and oxygen atoms in total. The first kappa shape index (κ1) is 12.0. The molecule has 0 heterocycles. The van der Waals surface area contributed by atoms with Gasteiger partial charge in [0.1, 0.15) is 5.75 Å². The molecule has 6 heteroatoms. The minimum Gasteiger partial charge on any atom is -0.429 e. The second kappa shape index (κ2) is 4.18. The van der Waals surface area contributed by atoms with Gasteiger partial charge in [0.15, 0.2) is 0 Å². The van der Waals surface area contributed by atoms with E-state index in [1.165, 1.54) is 18.2 Å². The Hall–Kier alpha value is -1.10. The molecule has 0 saturated heterocycles. The molecule has 0 spiro atoms. The number of hydrogen-bond donors (Lipinski definition) is 1. The highest BCUT2D eigenvalue weighted by molar-refractivity contribution is 6.20. The van der Waals surface area contributed by atoms with Crippen LogP contribution in [0.4, 0.5) is 18.9 Å². The summed E-state index contributed by atoms with van der Waals surface area (Å²) in [4.78, 5) is 0. The number of nitrogens with two attached hydrogens (primary N) is 1. The highest BCUT2D eigenvalue weighted by atomic mass is 35.5. The van der Waals surface area contributed by atoms with Crippen molar-refractivity contribution >= 4 is 17.3 Å². The normalized spacial score (nSPS) is 13.7. The molecule has 15 heavy (non-hydrogen) atoms. The maximum absolute atomic E-state index is 12.7. The molecule has 0 bridgehead atoms. The van der Waals surface area contributed by atoms with Crippen molar-refractivity contribution in [3.8, 4) is 5.75 Å². The van der Waals surface area contributed by atoms with Crippen LogP contribution in [0.2, 0.25) is 0 Å². The average molecular weight is 240 g/mol. The molecule has 0 aliphatic heterocycles.